The number of pyridine rings is 8. The molecular formula is C84H68N8O3S5+4. The second-order valence-corrected chi connectivity index (χ2v) is 31.1. The van der Waals surface area contributed by atoms with Crippen molar-refractivity contribution in [2.75, 3.05) is 0 Å². The summed E-state index contributed by atoms with van der Waals surface area (Å²) in [5.74, 6) is 0. The zero-order valence-electron chi connectivity index (χ0n) is 57.3. The van der Waals surface area contributed by atoms with Gasteiger partial charge in [0, 0.05) is 103 Å². The Kier molecular flexibility index (Phi) is 15.6. The van der Waals surface area contributed by atoms with E-state index in [1.807, 2.05) is 89.5 Å². The molecule has 0 spiro atoms. The quantitative estimate of drug-likeness (QED) is 0.162. The molecule has 0 saturated heterocycles. The summed E-state index contributed by atoms with van der Waals surface area (Å²) in [5, 5.41) is 9.46. The van der Waals surface area contributed by atoms with Crippen molar-refractivity contribution in [3.05, 3.63) is 240 Å². The number of hydrogen-bond donors (Lipinski definition) is 0. The van der Waals surface area contributed by atoms with Crippen LogP contribution in [0.1, 0.15) is 45.0 Å². The number of fused-ring (bicyclic) bond motifs is 20. The molecule has 100 heavy (non-hydrogen) atoms. The number of thiophene rings is 5. The van der Waals surface area contributed by atoms with Crippen LogP contribution < -0.4 is 18.3 Å². The standard InChI is InChI=1S/C21H17N2O2.C21H17N2OS.2C21H17N2S2/c1-12-10-16-18(11-15(12)17-6-4-5-9-23(17)3)24-19-14-8-7-13(2)22-21(14)25-20(16)19;1-12-7-9-14-18(17(12)16-6-4-5-11-23(16)3)24-19-15-10-8-13(2)22-21(15)25-20(14)19;1-12-7-9-14-18(17(12)16-6-4-5-11-23(16)3)24-20-15-10-8-13(2)22-21(15)25-19(14)20;1-12-10-16-18(11-15(12)17-6-4-5-9-23(17)3)24-19-14-8-7-13(2)22-21(14)25-20(16)19/h4*4-11H,1-3H3/q4*+1. The fourth-order valence-corrected chi connectivity index (χ4v) is 20.6. The van der Waals surface area contributed by atoms with E-state index in [0.717, 1.165) is 104 Å². The van der Waals surface area contributed by atoms with E-state index in [1.165, 1.54) is 105 Å². The first-order valence-electron chi connectivity index (χ1n) is 33.2. The van der Waals surface area contributed by atoms with Crippen LogP contribution in [0.25, 0.3) is 169 Å². The Bertz CT molecular complexity index is 6330. The van der Waals surface area contributed by atoms with Crippen LogP contribution in [0.3, 0.4) is 0 Å². The molecule has 0 amide bonds. The van der Waals surface area contributed by atoms with Crippen LogP contribution in [-0.2, 0) is 28.2 Å². The first-order valence-corrected chi connectivity index (χ1v) is 37.3. The van der Waals surface area contributed by atoms with Gasteiger partial charge in [-0.25, -0.2) is 38.2 Å². The second-order valence-electron chi connectivity index (χ2n) is 26.1. The van der Waals surface area contributed by atoms with E-state index in [4.69, 9.17) is 23.2 Å². The molecule has 488 valence electrons. The molecule has 0 atom stereocenters. The van der Waals surface area contributed by atoms with Crippen LogP contribution in [0.15, 0.2) is 208 Å². The van der Waals surface area contributed by atoms with Gasteiger partial charge in [-0.2, -0.15) is 0 Å². The van der Waals surface area contributed by atoms with Crippen molar-refractivity contribution in [2.24, 2.45) is 28.2 Å². The number of rotatable bonds is 4. The van der Waals surface area contributed by atoms with E-state index >= 15 is 0 Å². The third-order valence-corrected chi connectivity index (χ3v) is 25.2. The Balaban J connectivity index is 0.0000000997. The minimum absolute atomic E-state index is 0.631. The summed E-state index contributed by atoms with van der Waals surface area (Å²) in [5.41, 5.74) is 23.9. The van der Waals surface area contributed by atoms with Gasteiger partial charge in [-0.05, 0) is 181 Å². The van der Waals surface area contributed by atoms with E-state index in [2.05, 4.69) is 262 Å². The van der Waals surface area contributed by atoms with Crippen molar-refractivity contribution in [2.45, 2.75) is 55.4 Å². The molecule has 20 rings (SSSR count). The van der Waals surface area contributed by atoms with Gasteiger partial charge in [-0.3, -0.25) is 0 Å². The Morgan fingerprint density at radius 3 is 1.32 bits per heavy atom. The van der Waals surface area contributed by atoms with E-state index in [1.54, 1.807) is 11.3 Å². The molecule has 0 aliphatic carbocycles. The van der Waals surface area contributed by atoms with E-state index in [0.29, 0.717) is 5.71 Å². The van der Waals surface area contributed by atoms with Gasteiger partial charge in [0.1, 0.15) is 53.8 Å². The van der Waals surface area contributed by atoms with Crippen molar-refractivity contribution < 1.29 is 31.5 Å². The molecule has 20 aromatic rings. The zero-order valence-corrected chi connectivity index (χ0v) is 61.4. The van der Waals surface area contributed by atoms with Gasteiger partial charge < -0.3 is 13.3 Å². The summed E-state index contributed by atoms with van der Waals surface area (Å²) in [7, 11) is 8.34. The largest absolute Gasteiger partial charge is 0.454 e. The minimum Gasteiger partial charge on any atom is -0.454 e. The molecule has 11 nitrogen and oxygen atoms in total. The molecule has 16 aromatic heterocycles. The number of benzene rings is 4. The van der Waals surface area contributed by atoms with Gasteiger partial charge in [0.05, 0.1) is 66.6 Å². The highest BCUT2D eigenvalue weighted by molar-refractivity contribution is 7.37. The molecular weight excluding hydrogens is 1330 g/mol. The molecule has 0 N–H and O–H groups in total. The van der Waals surface area contributed by atoms with E-state index < -0.39 is 0 Å². The SMILES string of the molecule is Cc1ccc2c(n1)oc1c3cc(C)c(-c4cccc[n+]4C)cc3oc21.Cc1ccc2c(n1)sc1c3cc(C)c(-c4cccc[n+]4C)cc3sc21.Cc1ccc2c(n1)sc1c3ccc(C)c(-c4cccc[n+]4C)c3oc21.Cc1ccc2c(n1)sc1c3ccc(C)c(-c4cccc[n+]4C)c3sc21. The Hall–Kier alpha value is -10.5. The molecule has 0 radical (unpaired) electrons. The van der Waals surface area contributed by atoms with Gasteiger partial charge >= 0.3 is 0 Å². The summed E-state index contributed by atoms with van der Waals surface area (Å²) < 4.78 is 36.6. The first kappa shape index (κ1) is 63.0. The number of furan rings is 3. The monoisotopic (exact) mass is 1400 g/mol. The summed E-state index contributed by atoms with van der Waals surface area (Å²) in [4.78, 5) is 21.9. The van der Waals surface area contributed by atoms with Crippen LogP contribution in [0.2, 0.25) is 0 Å². The van der Waals surface area contributed by atoms with Gasteiger partial charge in [0.2, 0.25) is 28.5 Å². The lowest BCUT2D eigenvalue weighted by atomic mass is 10.0. The van der Waals surface area contributed by atoms with Crippen LogP contribution in [0.4, 0.5) is 0 Å². The number of aromatic nitrogens is 8. The van der Waals surface area contributed by atoms with Crippen LogP contribution in [0, 0.1) is 55.4 Å². The third kappa shape index (κ3) is 10.7. The fourth-order valence-electron chi connectivity index (χ4n) is 13.9. The minimum atomic E-state index is 0.631. The maximum Gasteiger partial charge on any atom is 0.230 e. The summed E-state index contributed by atoms with van der Waals surface area (Å²) in [6, 6.07) is 59.8. The molecule has 4 aromatic carbocycles. The number of aryl methyl sites for hydroxylation is 12. The highest BCUT2D eigenvalue weighted by Crippen LogP contribution is 2.49. The molecule has 0 unspecified atom stereocenters. The van der Waals surface area contributed by atoms with Crippen LogP contribution in [0.5, 0.6) is 0 Å². The molecule has 16 heteroatoms. The fraction of sp³-hybridized carbons (Fsp3) is 0.143. The topological polar surface area (TPSA) is 106 Å². The summed E-state index contributed by atoms with van der Waals surface area (Å²) >= 11 is 9.15. The molecule has 0 aliphatic heterocycles. The molecule has 0 aliphatic rings. The third-order valence-electron chi connectivity index (χ3n) is 19.1. The van der Waals surface area contributed by atoms with Gasteiger partial charge in [-0.1, -0.05) is 18.2 Å². The molecule has 0 fully saturated rings. The lowest BCUT2D eigenvalue weighted by Gasteiger charge is -2.05. The smallest absolute Gasteiger partial charge is 0.230 e. The van der Waals surface area contributed by atoms with E-state index in [9.17, 15) is 0 Å². The highest BCUT2D eigenvalue weighted by Gasteiger charge is 2.26. The second kappa shape index (κ2) is 24.8. The van der Waals surface area contributed by atoms with Gasteiger partial charge in [0.15, 0.2) is 41.5 Å². The van der Waals surface area contributed by atoms with Crippen molar-refractivity contribution >= 4 is 181 Å². The summed E-state index contributed by atoms with van der Waals surface area (Å²) in [6.45, 7) is 16.8. The van der Waals surface area contributed by atoms with Gasteiger partial charge in [-0.15, -0.1) is 56.7 Å². The maximum absolute atomic E-state index is 6.42. The zero-order chi connectivity index (χ0) is 68.5. The lowest BCUT2D eigenvalue weighted by Crippen LogP contribution is -2.30. The van der Waals surface area contributed by atoms with Gasteiger partial charge in [0.25, 0.3) is 0 Å². The average molecular weight is 1400 g/mol. The predicted molar refractivity (Wildman–Crippen MR) is 418 cm³/mol. The Morgan fingerprint density at radius 1 is 0.290 bits per heavy atom. The normalized spacial score (nSPS) is 11.8. The number of hydrogen-bond acceptors (Lipinski definition) is 12. The highest BCUT2D eigenvalue weighted by atomic mass is 32.1. The average Bonchev–Trinajstić information content (AvgIpc) is 1.59. The molecule has 0 saturated carbocycles. The van der Waals surface area contributed by atoms with Crippen molar-refractivity contribution in [3.63, 3.8) is 0 Å². The van der Waals surface area contributed by atoms with Crippen molar-refractivity contribution in [1.29, 1.82) is 0 Å². The first-order chi connectivity index (χ1) is 48.5. The van der Waals surface area contributed by atoms with Crippen molar-refractivity contribution in [3.8, 4) is 45.0 Å². The summed E-state index contributed by atoms with van der Waals surface area (Å²) in [6.07, 6.45) is 8.34. The Labute approximate surface area is 596 Å². The van der Waals surface area contributed by atoms with E-state index in [-0.39, 0.29) is 0 Å². The van der Waals surface area contributed by atoms with Crippen molar-refractivity contribution in [1.82, 2.24) is 19.9 Å². The van der Waals surface area contributed by atoms with Crippen LogP contribution >= 0.6 is 56.7 Å². The Morgan fingerprint density at radius 2 is 0.730 bits per heavy atom. The lowest BCUT2D eigenvalue weighted by molar-refractivity contribution is -0.660. The maximum atomic E-state index is 6.42. The number of nitrogens with zero attached hydrogens (tertiary/aromatic N) is 8. The molecule has 16 heterocycles. The predicted octanol–water partition coefficient (Wildman–Crippen LogP) is 21.7. The molecule has 0 bridgehead atoms. The van der Waals surface area contributed by atoms with Crippen LogP contribution in [-0.4, -0.2) is 19.9 Å².